The van der Waals surface area contributed by atoms with Crippen LogP contribution in [-0.2, 0) is 17.8 Å². The summed E-state index contributed by atoms with van der Waals surface area (Å²) in [5.41, 5.74) is 1.59. The number of carboxylic acid groups (broad SMARTS) is 1. The highest BCUT2D eigenvalue weighted by molar-refractivity contribution is 7.13. The summed E-state index contributed by atoms with van der Waals surface area (Å²) >= 11 is 1.42. The van der Waals surface area contributed by atoms with E-state index in [0.717, 1.165) is 11.3 Å². The monoisotopic (exact) mass is 280 g/mol. The van der Waals surface area contributed by atoms with Gasteiger partial charge in [-0.2, -0.15) is 0 Å². The second kappa shape index (κ2) is 6.29. The van der Waals surface area contributed by atoms with Gasteiger partial charge in [-0.05, 0) is 17.7 Å². The van der Waals surface area contributed by atoms with Crippen LogP contribution in [0.4, 0.5) is 9.52 Å². The average Bonchev–Trinajstić information content (AvgIpc) is 2.82. The molecule has 2 N–H and O–H groups in total. The van der Waals surface area contributed by atoms with Crippen LogP contribution in [0.1, 0.15) is 17.7 Å². The molecule has 0 saturated carbocycles. The maximum Gasteiger partial charge on any atom is 0.303 e. The van der Waals surface area contributed by atoms with Gasteiger partial charge in [-0.25, -0.2) is 9.37 Å². The summed E-state index contributed by atoms with van der Waals surface area (Å²) in [6.07, 6.45) is 0.501. The second-order valence-electron chi connectivity index (χ2n) is 4.02. The number of carbonyl (C=O) groups is 1. The van der Waals surface area contributed by atoms with E-state index in [-0.39, 0.29) is 12.2 Å². The van der Waals surface area contributed by atoms with Gasteiger partial charge in [0.2, 0.25) is 0 Å². The Morgan fingerprint density at radius 1 is 1.47 bits per heavy atom. The molecule has 0 amide bonds. The molecule has 0 radical (unpaired) electrons. The number of benzene rings is 1. The molecule has 2 aromatic rings. The van der Waals surface area contributed by atoms with Crippen LogP contribution >= 0.6 is 11.3 Å². The Morgan fingerprint density at radius 2 is 2.32 bits per heavy atom. The number of rotatable bonds is 6. The zero-order chi connectivity index (χ0) is 13.7. The molecule has 0 atom stereocenters. The number of aromatic nitrogens is 1. The number of nitrogens with one attached hydrogen (secondary N) is 1. The summed E-state index contributed by atoms with van der Waals surface area (Å²) in [7, 11) is 0. The zero-order valence-corrected chi connectivity index (χ0v) is 10.9. The van der Waals surface area contributed by atoms with Gasteiger partial charge in [0.15, 0.2) is 5.13 Å². The molecule has 0 unspecified atom stereocenters. The fourth-order valence-electron chi connectivity index (χ4n) is 1.56. The Kier molecular flexibility index (Phi) is 4.46. The molecule has 4 nitrogen and oxygen atoms in total. The third-order valence-corrected chi connectivity index (χ3v) is 3.33. The van der Waals surface area contributed by atoms with E-state index >= 15 is 0 Å². The molecule has 0 saturated heterocycles. The summed E-state index contributed by atoms with van der Waals surface area (Å²) in [4.78, 5) is 14.7. The van der Waals surface area contributed by atoms with Crippen LogP contribution in [0.15, 0.2) is 29.6 Å². The minimum Gasteiger partial charge on any atom is -0.481 e. The van der Waals surface area contributed by atoms with Crippen molar-refractivity contribution in [3.8, 4) is 0 Å². The third-order valence-electron chi connectivity index (χ3n) is 2.48. The van der Waals surface area contributed by atoms with Crippen LogP contribution in [0.25, 0.3) is 0 Å². The van der Waals surface area contributed by atoms with Crippen molar-refractivity contribution >= 4 is 22.4 Å². The van der Waals surface area contributed by atoms with Gasteiger partial charge in [0.05, 0.1) is 12.1 Å². The molecule has 0 aliphatic heterocycles. The molecule has 0 spiro atoms. The van der Waals surface area contributed by atoms with Gasteiger partial charge < -0.3 is 10.4 Å². The molecule has 1 aromatic carbocycles. The Hall–Kier alpha value is -1.95. The van der Waals surface area contributed by atoms with Gasteiger partial charge in [-0.3, -0.25) is 4.79 Å². The van der Waals surface area contributed by atoms with Gasteiger partial charge in [0.25, 0.3) is 0 Å². The number of anilines is 1. The lowest BCUT2D eigenvalue weighted by Crippen LogP contribution is -2.00. The fourth-order valence-corrected chi connectivity index (χ4v) is 2.31. The Bertz CT molecular complexity index is 571. The summed E-state index contributed by atoms with van der Waals surface area (Å²) in [6.45, 7) is 0.490. The number of aliphatic carboxylic acids is 1. The maximum atomic E-state index is 13.0. The first-order valence-corrected chi connectivity index (χ1v) is 6.66. The molecule has 1 aromatic heterocycles. The summed E-state index contributed by atoms with van der Waals surface area (Å²) in [6, 6.07) is 6.35. The number of aryl methyl sites for hydroxylation is 1. The molecule has 0 bridgehead atoms. The largest absolute Gasteiger partial charge is 0.481 e. The van der Waals surface area contributed by atoms with E-state index < -0.39 is 5.97 Å². The molecule has 0 aliphatic carbocycles. The lowest BCUT2D eigenvalue weighted by Gasteiger charge is -2.02. The molecular weight excluding hydrogens is 267 g/mol. The highest BCUT2D eigenvalue weighted by Crippen LogP contribution is 2.17. The normalized spacial score (nSPS) is 10.4. The highest BCUT2D eigenvalue weighted by Gasteiger charge is 2.04. The van der Waals surface area contributed by atoms with Crippen molar-refractivity contribution in [1.82, 2.24) is 4.98 Å². The first-order valence-electron chi connectivity index (χ1n) is 5.78. The molecule has 0 aliphatic rings. The first kappa shape index (κ1) is 13.5. The number of nitrogens with zero attached hydrogens (tertiary/aromatic N) is 1. The molecule has 100 valence electrons. The van der Waals surface area contributed by atoms with Crippen molar-refractivity contribution in [2.75, 3.05) is 5.32 Å². The van der Waals surface area contributed by atoms with Crippen LogP contribution in [0.2, 0.25) is 0 Å². The molecule has 2 rings (SSSR count). The quantitative estimate of drug-likeness (QED) is 0.854. The predicted octanol–water partition coefficient (Wildman–Crippen LogP) is 2.91. The lowest BCUT2D eigenvalue weighted by molar-refractivity contribution is -0.136. The van der Waals surface area contributed by atoms with Crippen molar-refractivity contribution in [3.05, 3.63) is 46.7 Å². The Labute approximate surface area is 113 Å². The molecule has 6 heteroatoms. The van der Waals surface area contributed by atoms with E-state index in [1.54, 1.807) is 6.07 Å². The van der Waals surface area contributed by atoms with E-state index in [1.807, 2.05) is 11.4 Å². The van der Waals surface area contributed by atoms with E-state index in [2.05, 4.69) is 10.3 Å². The summed E-state index contributed by atoms with van der Waals surface area (Å²) < 4.78 is 13.0. The summed E-state index contributed by atoms with van der Waals surface area (Å²) in [5.74, 6) is -1.09. The smallest absolute Gasteiger partial charge is 0.303 e. The average molecular weight is 280 g/mol. The number of carboxylic acids is 1. The molecular formula is C13H13FN2O2S. The zero-order valence-electron chi connectivity index (χ0n) is 10.1. The molecule has 1 heterocycles. The maximum absolute atomic E-state index is 13.0. The SMILES string of the molecule is O=C(O)CCc1csc(NCc2cccc(F)c2)n1. The lowest BCUT2D eigenvalue weighted by atomic mass is 10.2. The van der Waals surface area contributed by atoms with Gasteiger partial charge in [0.1, 0.15) is 5.82 Å². The predicted molar refractivity (Wildman–Crippen MR) is 71.8 cm³/mol. The highest BCUT2D eigenvalue weighted by atomic mass is 32.1. The fraction of sp³-hybridized carbons (Fsp3) is 0.231. The molecule has 19 heavy (non-hydrogen) atoms. The van der Waals surface area contributed by atoms with Gasteiger partial charge in [-0.1, -0.05) is 12.1 Å². The number of halogens is 1. The minimum absolute atomic E-state index is 0.0765. The standard InChI is InChI=1S/C13H13FN2O2S/c14-10-3-1-2-9(6-10)7-15-13-16-11(8-19-13)4-5-12(17)18/h1-3,6,8H,4-5,7H2,(H,15,16)(H,17,18). The topological polar surface area (TPSA) is 62.2 Å². The van der Waals surface area contributed by atoms with Crippen LogP contribution in [-0.4, -0.2) is 16.1 Å². The van der Waals surface area contributed by atoms with Crippen molar-refractivity contribution in [3.63, 3.8) is 0 Å². The molecule has 0 fully saturated rings. The van der Waals surface area contributed by atoms with E-state index in [4.69, 9.17) is 5.11 Å². The summed E-state index contributed by atoms with van der Waals surface area (Å²) in [5, 5.41) is 14.2. The van der Waals surface area contributed by atoms with Gasteiger partial charge in [-0.15, -0.1) is 11.3 Å². The third kappa shape index (κ3) is 4.33. The number of hydrogen-bond donors (Lipinski definition) is 2. The Balaban J connectivity index is 1.88. The second-order valence-corrected chi connectivity index (χ2v) is 4.88. The van der Waals surface area contributed by atoms with Crippen LogP contribution in [0.5, 0.6) is 0 Å². The van der Waals surface area contributed by atoms with E-state index in [9.17, 15) is 9.18 Å². The van der Waals surface area contributed by atoms with Crippen LogP contribution in [0.3, 0.4) is 0 Å². The van der Waals surface area contributed by atoms with Gasteiger partial charge in [0, 0.05) is 18.3 Å². The number of hydrogen-bond acceptors (Lipinski definition) is 4. The van der Waals surface area contributed by atoms with Crippen molar-refractivity contribution < 1.29 is 14.3 Å². The first-order chi connectivity index (χ1) is 9.13. The van der Waals surface area contributed by atoms with Crippen LogP contribution in [0, 0.1) is 5.82 Å². The van der Waals surface area contributed by atoms with Gasteiger partial charge >= 0.3 is 5.97 Å². The van der Waals surface area contributed by atoms with E-state index in [1.165, 1.54) is 23.5 Å². The van der Waals surface area contributed by atoms with E-state index in [0.29, 0.717) is 18.1 Å². The minimum atomic E-state index is -0.831. The van der Waals surface area contributed by atoms with Crippen molar-refractivity contribution in [1.29, 1.82) is 0 Å². The van der Waals surface area contributed by atoms with Crippen molar-refractivity contribution in [2.45, 2.75) is 19.4 Å². The van der Waals surface area contributed by atoms with Crippen LogP contribution < -0.4 is 5.32 Å². The Morgan fingerprint density at radius 3 is 3.05 bits per heavy atom. The van der Waals surface area contributed by atoms with Crippen molar-refractivity contribution in [2.24, 2.45) is 0 Å². The number of thiazole rings is 1.